The van der Waals surface area contributed by atoms with Gasteiger partial charge in [-0.25, -0.2) is 0 Å². The first-order valence-electron chi connectivity index (χ1n) is 32.1. The van der Waals surface area contributed by atoms with Crippen molar-refractivity contribution in [3.05, 3.63) is 24.3 Å². The van der Waals surface area contributed by atoms with E-state index in [1.807, 2.05) is 6.08 Å². The zero-order valence-corrected chi connectivity index (χ0v) is 49.8. The monoisotopic (exact) mass is 1160 g/mol. The molecule has 17 unspecified atom stereocenters. The third kappa shape index (κ3) is 29.0. The highest BCUT2D eigenvalue weighted by Gasteiger charge is 2.53. The van der Waals surface area contributed by atoms with Gasteiger partial charge >= 0.3 is 0 Å². The zero-order chi connectivity index (χ0) is 59.0. The number of rotatable bonds is 48. The molecule has 17 atom stereocenters. The Hall–Kier alpha value is -1.73. The first kappa shape index (κ1) is 73.5. The number of carbonyl (C=O) groups is 1. The van der Waals surface area contributed by atoms with Crippen molar-refractivity contribution in [3.8, 4) is 0 Å². The number of hydrogen-bond donors (Lipinski definition) is 12. The van der Waals surface area contributed by atoms with Gasteiger partial charge in [-0.1, -0.05) is 205 Å². The SMILES string of the molecule is CCCCCCCCC=CCCCCCCCCCCCCCCCC(=O)NC(COC1OC(CO)C(OC2OC(CO)C(OC3OC(CO)C(O)C(O)C3O)C(O)C2O)C(O)C1O)C(O)C=CCCCCCCCCCCCCC. The molecule has 12 N–H and O–H groups in total. The lowest BCUT2D eigenvalue weighted by Gasteiger charge is -2.48. The van der Waals surface area contributed by atoms with E-state index in [0.717, 1.165) is 44.9 Å². The summed E-state index contributed by atoms with van der Waals surface area (Å²) in [7, 11) is 0. The summed E-state index contributed by atoms with van der Waals surface area (Å²) < 4.78 is 34.3. The van der Waals surface area contributed by atoms with Gasteiger partial charge in [-0.05, 0) is 44.9 Å². The molecule has 3 rings (SSSR count). The molecule has 19 heteroatoms. The summed E-state index contributed by atoms with van der Waals surface area (Å²) in [6, 6.07) is -0.969. The molecule has 3 fully saturated rings. The van der Waals surface area contributed by atoms with E-state index >= 15 is 0 Å². The van der Waals surface area contributed by atoms with E-state index in [9.17, 15) is 61.0 Å². The first-order valence-corrected chi connectivity index (χ1v) is 32.1. The summed E-state index contributed by atoms with van der Waals surface area (Å²) in [5.41, 5.74) is 0. The lowest BCUT2D eigenvalue weighted by molar-refractivity contribution is -0.379. The lowest BCUT2D eigenvalue weighted by atomic mass is 9.96. The van der Waals surface area contributed by atoms with Gasteiger partial charge in [0.2, 0.25) is 5.91 Å². The average molecular weight is 1160 g/mol. The van der Waals surface area contributed by atoms with Crippen LogP contribution in [0, 0.1) is 0 Å². The molecule has 0 saturated carbocycles. The van der Waals surface area contributed by atoms with E-state index in [1.165, 1.54) is 161 Å². The minimum atomic E-state index is -1.98. The Morgan fingerprint density at radius 1 is 0.432 bits per heavy atom. The van der Waals surface area contributed by atoms with Crippen LogP contribution in [0.1, 0.15) is 232 Å². The van der Waals surface area contributed by atoms with Crippen LogP contribution >= 0.6 is 0 Å². The molecule has 0 spiro atoms. The van der Waals surface area contributed by atoms with Gasteiger partial charge in [0.25, 0.3) is 0 Å². The van der Waals surface area contributed by atoms with E-state index in [0.29, 0.717) is 6.42 Å². The lowest BCUT2D eigenvalue weighted by Crippen LogP contribution is -2.66. The number of nitrogens with one attached hydrogen (secondary N) is 1. The maximum absolute atomic E-state index is 13.3. The minimum Gasteiger partial charge on any atom is -0.394 e. The molecule has 0 radical (unpaired) electrons. The Kier molecular flexibility index (Phi) is 41.4. The van der Waals surface area contributed by atoms with Gasteiger partial charge in [-0.15, -0.1) is 0 Å². The molecular weight excluding hydrogens is 1050 g/mol. The smallest absolute Gasteiger partial charge is 0.220 e. The standard InChI is InChI=1S/C62H115NO18/c1-3-5-7-9-11-13-15-17-18-19-20-21-22-23-24-25-26-28-30-32-34-36-38-40-50(68)63-45(46(67)39-37-35-33-31-29-27-16-14-12-10-8-6-4-2)44-76-60-56(74)53(71)58(48(42-65)78-60)81-62-57(75)54(72)59(49(43-66)79-62)80-61-55(73)52(70)51(69)47(41-64)77-61/h17-18,37,39,45-49,51-62,64-67,69-75H,3-16,19-36,38,40-44H2,1-2H3,(H,63,68). The number of aliphatic hydroxyl groups excluding tert-OH is 11. The van der Waals surface area contributed by atoms with E-state index in [2.05, 4.69) is 31.3 Å². The zero-order valence-electron chi connectivity index (χ0n) is 49.8. The molecule has 3 heterocycles. The average Bonchev–Trinajstić information content (AvgIpc) is 3.57. The quantitative estimate of drug-likeness (QED) is 0.0222. The van der Waals surface area contributed by atoms with Crippen LogP contribution in [0.25, 0.3) is 0 Å². The van der Waals surface area contributed by atoms with Crippen molar-refractivity contribution in [3.63, 3.8) is 0 Å². The van der Waals surface area contributed by atoms with E-state index in [1.54, 1.807) is 6.08 Å². The fraction of sp³-hybridized carbons (Fsp3) is 0.919. The summed E-state index contributed by atoms with van der Waals surface area (Å²) in [4.78, 5) is 13.3. The molecule has 0 aromatic carbocycles. The van der Waals surface area contributed by atoms with Gasteiger partial charge in [0.15, 0.2) is 18.9 Å². The predicted molar refractivity (Wildman–Crippen MR) is 310 cm³/mol. The topological polar surface area (TPSA) is 307 Å². The molecule has 81 heavy (non-hydrogen) atoms. The number of unbranched alkanes of at least 4 members (excludes halogenated alkanes) is 30. The normalized spacial score (nSPS) is 29.9. The van der Waals surface area contributed by atoms with Crippen molar-refractivity contribution in [1.82, 2.24) is 5.32 Å². The molecule has 0 aromatic heterocycles. The fourth-order valence-electron chi connectivity index (χ4n) is 11.0. The molecule has 19 nitrogen and oxygen atoms in total. The molecule has 476 valence electrons. The highest BCUT2D eigenvalue weighted by atomic mass is 16.8. The van der Waals surface area contributed by atoms with Crippen LogP contribution in [0.4, 0.5) is 0 Å². The van der Waals surface area contributed by atoms with Crippen LogP contribution in [0.2, 0.25) is 0 Å². The number of hydrogen-bond acceptors (Lipinski definition) is 18. The minimum absolute atomic E-state index is 0.246. The van der Waals surface area contributed by atoms with Gasteiger partial charge in [0.1, 0.15) is 73.2 Å². The van der Waals surface area contributed by atoms with Crippen molar-refractivity contribution in [2.45, 2.75) is 336 Å². The van der Waals surface area contributed by atoms with E-state index in [4.69, 9.17) is 28.4 Å². The second-order valence-corrected chi connectivity index (χ2v) is 23.2. The summed E-state index contributed by atoms with van der Waals surface area (Å²) in [6.45, 7) is 1.72. The van der Waals surface area contributed by atoms with Crippen LogP contribution in [0.15, 0.2) is 24.3 Å². The molecule has 3 aliphatic heterocycles. The summed E-state index contributed by atoms with van der Waals surface area (Å²) in [6.07, 6.45) is 21.6. The Morgan fingerprint density at radius 2 is 0.778 bits per heavy atom. The Bertz CT molecular complexity index is 1580. The molecule has 3 aliphatic rings. The Morgan fingerprint density at radius 3 is 1.20 bits per heavy atom. The van der Waals surface area contributed by atoms with E-state index < -0.39 is 124 Å². The van der Waals surface area contributed by atoms with Crippen molar-refractivity contribution >= 4 is 5.91 Å². The van der Waals surface area contributed by atoms with Crippen molar-refractivity contribution in [2.75, 3.05) is 26.4 Å². The third-order valence-electron chi connectivity index (χ3n) is 16.2. The van der Waals surface area contributed by atoms with Gasteiger partial charge in [0, 0.05) is 6.42 Å². The van der Waals surface area contributed by atoms with Crippen LogP contribution in [0.5, 0.6) is 0 Å². The van der Waals surface area contributed by atoms with Crippen LogP contribution in [-0.4, -0.2) is 193 Å². The Balaban J connectivity index is 1.45. The predicted octanol–water partition coefficient (Wildman–Crippen LogP) is 6.71. The van der Waals surface area contributed by atoms with Crippen LogP contribution in [0.3, 0.4) is 0 Å². The maximum atomic E-state index is 13.3. The van der Waals surface area contributed by atoms with Crippen molar-refractivity contribution in [2.24, 2.45) is 0 Å². The number of aliphatic hydroxyl groups is 11. The van der Waals surface area contributed by atoms with Gasteiger partial charge in [0.05, 0.1) is 38.6 Å². The highest BCUT2D eigenvalue weighted by molar-refractivity contribution is 5.76. The van der Waals surface area contributed by atoms with Crippen LogP contribution < -0.4 is 5.32 Å². The molecule has 0 aromatic rings. The van der Waals surface area contributed by atoms with Crippen molar-refractivity contribution in [1.29, 1.82) is 0 Å². The first-order chi connectivity index (χ1) is 39.3. The molecular formula is C62H115NO18. The second kappa shape index (κ2) is 45.6. The number of ether oxygens (including phenoxy) is 6. The molecule has 1 amide bonds. The fourth-order valence-corrected chi connectivity index (χ4v) is 11.0. The van der Waals surface area contributed by atoms with Crippen LogP contribution in [-0.2, 0) is 33.2 Å². The number of allylic oxidation sites excluding steroid dienone is 3. The number of carbonyl (C=O) groups excluding carboxylic acids is 1. The number of amides is 1. The maximum Gasteiger partial charge on any atom is 0.220 e. The molecule has 0 bridgehead atoms. The summed E-state index contributed by atoms with van der Waals surface area (Å²) in [5, 5.41) is 120. The Labute approximate surface area is 486 Å². The third-order valence-corrected chi connectivity index (χ3v) is 16.2. The molecule has 3 saturated heterocycles. The van der Waals surface area contributed by atoms with E-state index in [-0.39, 0.29) is 18.9 Å². The largest absolute Gasteiger partial charge is 0.394 e. The van der Waals surface area contributed by atoms with Gasteiger partial charge in [-0.3, -0.25) is 4.79 Å². The highest BCUT2D eigenvalue weighted by Crippen LogP contribution is 2.33. The summed E-state index contributed by atoms with van der Waals surface area (Å²) >= 11 is 0. The van der Waals surface area contributed by atoms with Crippen molar-refractivity contribution < 1.29 is 89.4 Å². The van der Waals surface area contributed by atoms with Gasteiger partial charge in [-0.2, -0.15) is 0 Å². The second-order valence-electron chi connectivity index (χ2n) is 23.2. The molecule has 0 aliphatic carbocycles. The summed E-state index contributed by atoms with van der Waals surface area (Å²) in [5.74, 6) is -0.275. The van der Waals surface area contributed by atoms with Gasteiger partial charge < -0.3 is 89.9 Å².